The molecule has 0 heterocycles. The summed E-state index contributed by atoms with van der Waals surface area (Å²) in [5, 5.41) is 2.46. The van der Waals surface area contributed by atoms with Gasteiger partial charge in [-0.3, -0.25) is 10.6 Å². The molecule has 0 radical (unpaired) electrons. The quantitative estimate of drug-likeness (QED) is 0.285. The van der Waals surface area contributed by atoms with E-state index >= 15 is 0 Å². The Labute approximate surface area is 59.8 Å². The Morgan fingerprint density at radius 2 is 2.30 bits per heavy atom. The van der Waals surface area contributed by atoms with Crippen LogP contribution in [-0.4, -0.2) is 5.91 Å². The molecule has 0 saturated heterocycles. The van der Waals surface area contributed by atoms with Crippen LogP contribution in [0.4, 0.5) is 0 Å². The van der Waals surface area contributed by atoms with Gasteiger partial charge in [-0.15, -0.1) is 0 Å². The van der Waals surface area contributed by atoms with Crippen molar-refractivity contribution in [2.75, 3.05) is 0 Å². The lowest BCUT2D eigenvalue weighted by molar-refractivity contribution is -0.118. The molecule has 0 saturated carbocycles. The SMILES string of the molecule is C=C(/C=C\NN)NC(C)=O. The maximum atomic E-state index is 10.4. The van der Waals surface area contributed by atoms with Crippen molar-refractivity contribution in [2.24, 2.45) is 5.84 Å². The zero-order chi connectivity index (χ0) is 7.98. The van der Waals surface area contributed by atoms with Gasteiger partial charge in [0.15, 0.2) is 0 Å². The number of hydrazine groups is 1. The van der Waals surface area contributed by atoms with Gasteiger partial charge in [-0.1, -0.05) is 6.58 Å². The number of nitrogens with one attached hydrogen (secondary N) is 2. The first-order chi connectivity index (χ1) is 4.66. The summed E-state index contributed by atoms with van der Waals surface area (Å²) in [6.07, 6.45) is 3.03. The predicted octanol–water partition coefficient (Wildman–Crippen LogP) is -0.387. The molecule has 0 aromatic carbocycles. The fraction of sp³-hybridized carbons (Fsp3) is 0.167. The lowest BCUT2D eigenvalue weighted by atomic mass is 10.4. The van der Waals surface area contributed by atoms with Crippen molar-refractivity contribution >= 4 is 5.91 Å². The minimum Gasteiger partial charge on any atom is -0.331 e. The van der Waals surface area contributed by atoms with E-state index in [4.69, 9.17) is 5.84 Å². The summed E-state index contributed by atoms with van der Waals surface area (Å²) in [5.41, 5.74) is 2.78. The third-order valence-corrected chi connectivity index (χ3v) is 0.717. The molecular formula is C6H11N3O. The molecule has 0 aliphatic carbocycles. The van der Waals surface area contributed by atoms with Crippen LogP contribution in [0.1, 0.15) is 6.92 Å². The van der Waals surface area contributed by atoms with Crippen LogP contribution in [0.3, 0.4) is 0 Å². The molecule has 4 heteroatoms. The summed E-state index contributed by atoms with van der Waals surface area (Å²) in [4.78, 5) is 10.4. The van der Waals surface area contributed by atoms with E-state index in [0.717, 1.165) is 0 Å². The van der Waals surface area contributed by atoms with E-state index < -0.39 is 0 Å². The molecule has 0 aromatic heterocycles. The van der Waals surface area contributed by atoms with Crippen molar-refractivity contribution in [3.8, 4) is 0 Å². The fourth-order valence-electron chi connectivity index (χ4n) is 0.416. The van der Waals surface area contributed by atoms with Crippen LogP contribution in [0, 0.1) is 0 Å². The minimum atomic E-state index is -0.147. The first kappa shape index (κ1) is 8.71. The van der Waals surface area contributed by atoms with Crippen LogP contribution in [0.2, 0.25) is 0 Å². The Morgan fingerprint density at radius 3 is 2.70 bits per heavy atom. The maximum Gasteiger partial charge on any atom is 0.221 e. The number of nitrogens with two attached hydrogens (primary N) is 1. The summed E-state index contributed by atoms with van der Waals surface area (Å²) in [7, 11) is 0. The molecular weight excluding hydrogens is 130 g/mol. The van der Waals surface area contributed by atoms with E-state index in [1.807, 2.05) is 0 Å². The fourth-order valence-corrected chi connectivity index (χ4v) is 0.416. The van der Waals surface area contributed by atoms with Gasteiger partial charge in [0.25, 0.3) is 0 Å². The van der Waals surface area contributed by atoms with Crippen molar-refractivity contribution in [1.29, 1.82) is 0 Å². The molecule has 56 valence electrons. The zero-order valence-electron chi connectivity index (χ0n) is 5.85. The number of carbonyl (C=O) groups excluding carboxylic acids is 1. The van der Waals surface area contributed by atoms with Gasteiger partial charge in [-0.25, -0.2) is 0 Å². The van der Waals surface area contributed by atoms with Gasteiger partial charge >= 0.3 is 0 Å². The molecule has 0 aliphatic heterocycles. The minimum absolute atomic E-state index is 0.147. The summed E-state index contributed by atoms with van der Waals surface area (Å²) in [6, 6.07) is 0. The van der Waals surface area contributed by atoms with Gasteiger partial charge in [-0.05, 0) is 6.08 Å². The van der Waals surface area contributed by atoms with Gasteiger partial charge in [0.2, 0.25) is 5.91 Å². The summed E-state index contributed by atoms with van der Waals surface area (Å²) in [6.45, 7) is 4.93. The average molecular weight is 141 g/mol. The van der Waals surface area contributed by atoms with Crippen molar-refractivity contribution < 1.29 is 4.79 Å². The number of amides is 1. The Hall–Kier alpha value is -1.29. The Kier molecular flexibility index (Phi) is 3.99. The first-order valence-corrected chi connectivity index (χ1v) is 2.76. The Bertz CT molecular complexity index is 162. The Morgan fingerprint density at radius 1 is 1.70 bits per heavy atom. The summed E-state index contributed by atoms with van der Waals surface area (Å²) < 4.78 is 0. The maximum absolute atomic E-state index is 10.4. The number of carbonyl (C=O) groups is 1. The van der Waals surface area contributed by atoms with Crippen LogP contribution < -0.4 is 16.6 Å². The lowest BCUT2D eigenvalue weighted by Gasteiger charge is -1.97. The highest BCUT2D eigenvalue weighted by Crippen LogP contribution is 1.83. The van der Waals surface area contributed by atoms with Crippen LogP contribution in [0.5, 0.6) is 0 Å². The third kappa shape index (κ3) is 4.86. The van der Waals surface area contributed by atoms with Crippen molar-refractivity contribution in [3.05, 3.63) is 24.6 Å². The van der Waals surface area contributed by atoms with E-state index in [-0.39, 0.29) is 5.91 Å². The third-order valence-electron chi connectivity index (χ3n) is 0.717. The predicted molar refractivity (Wildman–Crippen MR) is 39.4 cm³/mol. The van der Waals surface area contributed by atoms with E-state index in [1.54, 1.807) is 6.08 Å². The van der Waals surface area contributed by atoms with E-state index in [0.29, 0.717) is 5.70 Å². The van der Waals surface area contributed by atoms with Crippen molar-refractivity contribution in [3.63, 3.8) is 0 Å². The molecule has 10 heavy (non-hydrogen) atoms. The Balaban J connectivity index is 3.64. The topological polar surface area (TPSA) is 67.2 Å². The molecule has 0 spiro atoms. The second-order valence-corrected chi connectivity index (χ2v) is 1.71. The summed E-state index contributed by atoms with van der Waals surface area (Å²) in [5.74, 6) is 4.77. The number of allylic oxidation sites excluding steroid dienone is 1. The van der Waals surface area contributed by atoms with Crippen molar-refractivity contribution in [2.45, 2.75) is 6.92 Å². The van der Waals surface area contributed by atoms with Crippen LogP contribution >= 0.6 is 0 Å². The molecule has 1 amide bonds. The van der Waals surface area contributed by atoms with E-state index in [9.17, 15) is 4.79 Å². The highest BCUT2D eigenvalue weighted by atomic mass is 16.1. The van der Waals surface area contributed by atoms with Crippen LogP contribution in [0.25, 0.3) is 0 Å². The second kappa shape index (κ2) is 4.58. The molecule has 4 nitrogen and oxygen atoms in total. The monoisotopic (exact) mass is 141 g/mol. The van der Waals surface area contributed by atoms with Gasteiger partial charge < -0.3 is 10.7 Å². The molecule has 0 fully saturated rings. The molecule has 0 aromatic rings. The van der Waals surface area contributed by atoms with Crippen LogP contribution in [0.15, 0.2) is 24.6 Å². The highest BCUT2D eigenvalue weighted by molar-refractivity contribution is 5.75. The van der Waals surface area contributed by atoms with E-state index in [1.165, 1.54) is 13.1 Å². The molecule has 0 rings (SSSR count). The van der Waals surface area contributed by atoms with E-state index in [2.05, 4.69) is 17.3 Å². The lowest BCUT2D eigenvalue weighted by Crippen LogP contribution is -2.18. The second-order valence-electron chi connectivity index (χ2n) is 1.71. The number of hydrogen-bond acceptors (Lipinski definition) is 3. The molecule has 0 atom stereocenters. The molecule has 4 N–H and O–H groups in total. The van der Waals surface area contributed by atoms with Gasteiger partial charge in [0, 0.05) is 18.8 Å². The van der Waals surface area contributed by atoms with Crippen molar-refractivity contribution in [1.82, 2.24) is 10.7 Å². The first-order valence-electron chi connectivity index (χ1n) is 2.76. The molecule has 0 bridgehead atoms. The largest absolute Gasteiger partial charge is 0.331 e. The number of rotatable bonds is 3. The van der Waals surface area contributed by atoms with Gasteiger partial charge in [0.1, 0.15) is 0 Å². The highest BCUT2D eigenvalue weighted by Gasteiger charge is 1.88. The summed E-state index contributed by atoms with van der Waals surface area (Å²) >= 11 is 0. The van der Waals surface area contributed by atoms with Gasteiger partial charge in [-0.2, -0.15) is 0 Å². The normalized spacial score (nSPS) is 9.40. The number of hydrogen-bond donors (Lipinski definition) is 3. The smallest absolute Gasteiger partial charge is 0.221 e. The van der Waals surface area contributed by atoms with Gasteiger partial charge in [0.05, 0.1) is 0 Å². The molecule has 0 aliphatic rings. The van der Waals surface area contributed by atoms with Crippen LogP contribution in [-0.2, 0) is 4.79 Å². The zero-order valence-corrected chi connectivity index (χ0v) is 5.85. The standard InChI is InChI=1S/C6H11N3O/c1-5(3-4-8-7)9-6(2)10/h3-4,8H,1,7H2,2H3,(H,9,10)/b4-3-. The molecule has 0 unspecified atom stereocenters. The average Bonchev–Trinajstić information content (AvgIpc) is 1.82.